The van der Waals surface area contributed by atoms with Gasteiger partial charge in [0.2, 0.25) is 5.91 Å². The number of ether oxygens (including phenoxy) is 2. The summed E-state index contributed by atoms with van der Waals surface area (Å²) in [5, 5.41) is 0. The quantitative estimate of drug-likeness (QED) is 0.538. The number of esters is 1. The Kier molecular flexibility index (Phi) is 7.65. The number of nitrogens with zero attached hydrogens (tertiary/aromatic N) is 2. The summed E-state index contributed by atoms with van der Waals surface area (Å²) in [6.07, 6.45) is 1.59. The van der Waals surface area contributed by atoms with Gasteiger partial charge in [-0.25, -0.2) is 4.79 Å². The molecule has 0 aliphatic carbocycles. The van der Waals surface area contributed by atoms with Crippen LogP contribution in [0.3, 0.4) is 0 Å². The molecule has 0 saturated carbocycles. The lowest BCUT2D eigenvalue weighted by Crippen LogP contribution is -2.50. The number of likely N-dealkylation sites (N-methyl/N-ethyl adjacent to an activating group) is 1. The topological polar surface area (TPSA) is 76.2 Å². The Morgan fingerprint density at radius 3 is 2.45 bits per heavy atom. The molecule has 1 aliphatic rings. The van der Waals surface area contributed by atoms with Crippen molar-refractivity contribution in [2.24, 2.45) is 0 Å². The minimum Gasteiger partial charge on any atom is -0.469 e. The Hall–Kier alpha value is -2.57. The third kappa shape index (κ3) is 6.48. The van der Waals surface area contributed by atoms with Crippen LogP contribution in [0.15, 0.2) is 24.3 Å². The number of benzene rings is 1. The van der Waals surface area contributed by atoms with E-state index in [1.165, 1.54) is 12.0 Å². The van der Waals surface area contributed by atoms with Crippen molar-refractivity contribution in [2.75, 3.05) is 20.7 Å². The van der Waals surface area contributed by atoms with Crippen molar-refractivity contribution in [3.8, 4) is 0 Å². The van der Waals surface area contributed by atoms with Gasteiger partial charge in [-0.15, -0.1) is 0 Å². The van der Waals surface area contributed by atoms with Gasteiger partial charge in [0.25, 0.3) is 0 Å². The van der Waals surface area contributed by atoms with Gasteiger partial charge in [-0.05, 0) is 44.7 Å². The van der Waals surface area contributed by atoms with E-state index >= 15 is 0 Å². The van der Waals surface area contributed by atoms with Crippen LogP contribution in [0.4, 0.5) is 4.79 Å². The number of unbranched alkanes of at least 4 members (excludes halogenated alkanes) is 1. The van der Waals surface area contributed by atoms with Gasteiger partial charge in [-0.3, -0.25) is 14.5 Å². The lowest BCUT2D eigenvalue weighted by Gasteiger charge is -2.32. The fourth-order valence-electron chi connectivity index (χ4n) is 3.33. The van der Waals surface area contributed by atoms with Gasteiger partial charge in [0.05, 0.1) is 7.11 Å². The highest BCUT2D eigenvalue weighted by atomic mass is 16.6. The van der Waals surface area contributed by atoms with Crippen LogP contribution in [0.25, 0.3) is 0 Å². The Labute approximate surface area is 172 Å². The number of methoxy groups -OCH3 is 1. The molecule has 0 saturated heterocycles. The standard InChI is InChI=1S/C22H32N2O5/c1-22(2,3)29-21(27)23(4)18-14-16-10-6-7-11-17(16)15-24(20(18)26)13-9-8-12-19(25)28-5/h6-7,10-11,18H,8-9,12-15H2,1-5H3/t18-/m0/s1. The Balaban J connectivity index is 2.16. The molecule has 0 aromatic heterocycles. The summed E-state index contributed by atoms with van der Waals surface area (Å²) in [6, 6.07) is 7.28. The summed E-state index contributed by atoms with van der Waals surface area (Å²) in [6.45, 7) is 6.42. The first-order valence-electron chi connectivity index (χ1n) is 10.0. The largest absolute Gasteiger partial charge is 0.469 e. The van der Waals surface area contributed by atoms with E-state index in [1.807, 2.05) is 24.3 Å². The van der Waals surface area contributed by atoms with Crippen molar-refractivity contribution in [1.82, 2.24) is 9.80 Å². The second-order valence-corrected chi connectivity index (χ2v) is 8.37. The number of carbonyl (C=O) groups excluding carboxylic acids is 3. The molecule has 7 nitrogen and oxygen atoms in total. The fraction of sp³-hybridized carbons (Fsp3) is 0.591. The van der Waals surface area contributed by atoms with Gasteiger partial charge in [0.1, 0.15) is 11.6 Å². The number of hydrogen-bond donors (Lipinski definition) is 0. The van der Waals surface area contributed by atoms with Crippen LogP contribution in [0.5, 0.6) is 0 Å². The third-order valence-corrected chi connectivity index (χ3v) is 4.93. The molecular formula is C22H32N2O5. The molecule has 1 aromatic rings. The second-order valence-electron chi connectivity index (χ2n) is 8.37. The Morgan fingerprint density at radius 2 is 1.83 bits per heavy atom. The highest BCUT2D eigenvalue weighted by Gasteiger charge is 2.35. The minimum absolute atomic E-state index is 0.104. The number of carbonyl (C=O) groups is 3. The summed E-state index contributed by atoms with van der Waals surface area (Å²) >= 11 is 0. The summed E-state index contributed by atoms with van der Waals surface area (Å²) in [5.41, 5.74) is 1.50. The van der Waals surface area contributed by atoms with E-state index in [9.17, 15) is 14.4 Å². The molecular weight excluding hydrogens is 372 g/mol. The summed E-state index contributed by atoms with van der Waals surface area (Å²) < 4.78 is 10.1. The zero-order valence-corrected chi connectivity index (χ0v) is 18.1. The molecule has 2 rings (SSSR count). The Bertz CT molecular complexity index is 741. The fourth-order valence-corrected chi connectivity index (χ4v) is 3.33. The van der Waals surface area contributed by atoms with E-state index in [0.29, 0.717) is 38.8 Å². The van der Waals surface area contributed by atoms with Crippen LogP contribution in [0, 0.1) is 0 Å². The number of hydrogen-bond acceptors (Lipinski definition) is 5. The van der Waals surface area contributed by atoms with Crippen LogP contribution in [0.2, 0.25) is 0 Å². The van der Waals surface area contributed by atoms with Crippen molar-refractivity contribution in [3.05, 3.63) is 35.4 Å². The number of rotatable bonds is 6. The average molecular weight is 405 g/mol. The second kappa shape index (κ2) is 9.76. The van der Waals surface area contributed by atoms with E-state index < -0.39 is 17.7 Å². The highest BCUT2D eigenvalue weighted by molar-refractivity contribution is 5.86. The van der Waals surface area contributed by atoms with Crippen molar-refractivity contribution < 1.29 is 23.9 Å². The monoisotopic (exact) mass is 404 g/mol. The van der Waals surface area contributed by atoms with Crippen LogP contribution in [-0.2, 0) is 32.0 Å². The highest BCUT2D eigenvalue weighted by Crippen LogP contribution is 2.23. The zero-order valence-electron chi connectivity index (χ0n) is 18.1. The average Bonchev–Trinajstić information content (AvgIpc) is 2.80. The smallest absolute Gasteiger partial charge is 0.410 e. The molecule has 0 spiro atoms. The maximum Gasteiger partial charge on any atom is 0.410 e. The first-order valence-corrected chi connectivity index (χ1v) is 10.0. The molecule has 0 unspecified atom stereocenters. The molecule has 0 N–H and O–H groups in total. The first-order chi connectivity index (χ1) is 13.6. The third-order valence-electron chi connectivity index (χ3n) is 4.93. The van der Waals surface area contributed by atoms with Gasteiger partial charge in [-0.2, -0.15) is 0 Å². The van der Waals surface area contributed by atoms with Gasteiger partial charge in [0, 0.05) is 33.0 Å². The Morgan fingerprint density at radius 1 is 1.17 bits per heavy atom. The molecule has 0 fully saturated rings. The summed E-state index contributed by atoms with van der Waals surface area (Å²) in [5.74, 6) is -0.354. The van der Waals surface area contributed by atoms with Gasteiger partial charge in [0.15, 0.2) is 0 Å². The molecule has 0 radical (unpaired) electrons. The molecule has 1 aromatic carbocycles. The molecule has 160 valence electrons. The first kappa shape index (κ1) is 22.7. The summed E-state index contributed by atoms with van der Waals surface area (Å²) in [4.78, 5) is 40.4. The lowest BCUT2D eigenvalue weighted by atomic mass is 10.0. The maximum atomic E-state index is 13.3. The zero-order chi connectivity index (χ0) is 21.6. The van der Waals surface area contributed by atoms with Crippen molar-refractivity contribution in [3.63, 3.8) is 0 Å². The molecule has 1 atom stereocenters. The predicted molar refractivity (Wildman–Crippen MR) is 109 cm³/mol. The molecule has 7 heteroatoms. The van der Waals surface area contributed by atoms with E-state index in [-0.39, 0.29) is 11.9 Å². The summed E-state index contributed by atoms with van der Waals surface area (Å²) in [7, 11) is 2.98. The lowest BCUT2D eigenvalue weighted by molar-refractivity contribution is -0.140. The molecule has 1 aliphatic heterocycles. The van der Waals surface area contributed by atoms with E-state index in [4.69, 9.17) is 4.74 Å². The van der Waals surface area contributed by atoms with Gasteiger partial charge < -0.3 is 14.4 Å². The maximum absolute atomic E-state index is 13.3. The van der Waals surface area contributed by atoms with Crippen LogP contribution >= 0.6 is 0 Å². The van der Waals surface area contributed by atoms with Gasteiger partial charge >= 0.3 is 12.1 Å². The van der Waals surface area contributed by atoms with Crippen LogP contribution < -0.4 is 0 Å². The van der Waals surface area contributed by atoms with Crippen molar-refractivity contribution in [1.29, 1.82) is 0 Å². The number of amides is 2. The molecule has 29 heavy (non-hydrogen) atoms. The number of fused-ring (bicyclic) bond motifs is 1. The normalized spacial score (nSPS) is 16.7. The van der Waals surface area contributed by atoms with E-state index in [0.717, 1.165) is 11.1 Å². The predicted octanol–water partition coefficient (Wildman–Crippen LogP) is 3.15. The van der Waals surface area contributed by atoms with E-state index in [1.54, 1.807) is 32.7 Å². The molecule has 2 amide bonds. The van der Waals surface area contributed by atoms with Crippen molar-refractivity contribution in [2.45, 2.75) is 64.6 Å². The van der Waals surface area contributed by atoms with Gasteiger partial charge in [-0.1, -0.05) is 24.3 Å². The minimum atomic E-state index is -0.634. The van der Waals surface area contributed by atoms with E-state index in [2.05, 4.69) is 4.74 Å². The van der Waals surface area contributed by atoms with Crippen LogP contribution in [0.1, 0.15) is 51.2 Å². The molecule has 1 heterocycles. The molecule has 0 bridgehead atoms. The van der Waals surface area contributed by atoms with Crippen molar-refractivity contribution >= 4 is 18.0 Å². The van der Waals surface area contributed by atoms with Crippen LogP contribution in [-0.4, -0.2) is 60.1 Å². The SMILES string of the molecule is COC(=O)CCCCN1Cc2ccccc2C[C@H](N(C)C(=O)OC(C)(C)C)C1=O.